The number of carbonyl (C=O) groups excluding carboxylic acids is 1. The van der Waals surface area contributed by atoms with Crippen molar-refractivity contribution in [1.82, 2.24) is 10.2 Å². The molecule has 1 aliphatic heterocycles. The Labute approximate surface area is 152 Å². The van der Waals surface area contributed by atoms with Gasteiger partial charge in [-0.05, 0) is 62.5 Å². The molecule has 132 valence electrons. The van der Waals surface area contributed by atoms with Gasteiger partial charge < -0.3 is 16.0 Å². The summed E-state index contributed by atoms with van der Waals surface area (Å²) < 4.78 is 0. The molecule has 0 aliphatic carbocycles. The van der Waals surface area contributed by atoms with Crippen molar-refractivity contribution in [1.29, 1.82) is 0 Å². The van der Waals surface area contributed by atoms with E-state index in [1.54, 1.807) is 0 Å². The van der Waals surface area contributed by atoms with Crippen LogP contribution in [0.5, 0.6) is 0 Å². The lowest BCUT2D eigenvalue weighted by molar-refractivity contribution is -0.120. The lowest BCUT2D eigenvalue weighted by Gasteiger charge is -2.31. The maximum atomic E-state index is 12.0. The first-order valence-corrected chi connectivity index (χ1v) is 8.01. The van der Waals surface area contributed by atoms with Crippen molar-refractivity contribution < 1.29 is 4.79 Å². The van der Waals surface area contributed by atoms with E-state index < -0.39 is 0 Å². The van der Waals surface area contributed by atoms with Crippen molar-refractivity contribution in [2.75, 3.05) is 31.9 Å². The Balaban J connectivity index is 0.00000242. The lowest BCUT2D eigenvalue weighted by atomic mass is 9.96. The van der Waals surface area contributed by atoms with Gasteiger partial charge in [0.15, 0.2) is 0 Å². The maximum absolute atomic E-state index is 12.0. The molecule has 0 spiro atoms. The third-order valence-corrected chi connectivity index (χ3v) is 4.18. The Kier molecular flexibility index (Phi) is 11.1. The van der Waals surface area contributed by atoms with Crippen LogP contribution in [0.25, 0.3) is 0 Å². The van der Waals surface area contributed by atoms with Gasteiger partial charge in [-0.25, -0.2) is 0 Å². The van der Waals surface area contributed by atoms with Gasteiger partial charge in [0.2, 0.25) is 5.91 Å². The van der Waals surface area contributed by atoms with Crippen LogP contribution < -0.4 is 11.1 Å². The average Bonchev–Trinajstić information content (AvgIpc) is 2.49. The summed E-state index contributed by atoms with van der Waals surface area (Å²) >= 11 is 0. The molecule has 1 fully saturated rings. The number of hydrogen-bond donors (Lipinski definition) is 2. The molecule has 3 N–H and O–H groups in total. The second kappa shape index (κ2) is 11.5. The van der Waals surface area contributed by atoms with Crippen molar-refractivity contribution in [2.24, 2.45) is 5.92 Å². The summed E-state index contributed by atoms with van der Waals surface area (Å²) in [5.41, 5.74) is 7.39. The van der Waals surface area contributed by atoms with Gasteiger partial charge in [-0.3, -0.25) is 4.79 Å². The molecule has 23 heavy (non-hydrogen) atoms. The summed E-state index contributed by atoms with van der Waals surface area (Å²) in [7, 11) is 0. The SMILES string of the molecule is CCCN1CCC(CNC(=O)Cc2ccc(N)cc2)CC1.Cl.Cl. The normalized spacial score (nSPS) is 15.3. The molecule has 0 saturated carbocycles. The summed E-state index contributed by atoms with van der Waals surface area (Å²) in [6.07, 6.45) is 4.06. The number of nitrogens with one attached hydrogen (secondary N) is 1. The molecular formula is C17H29Cl2N3O. The summed E-state index contributed by atoms with van der Waals surface area (Å²) in [5.74, 6) is 0.740. The van der Waals surface area contributed by atoms with E-state index >= 15 is 0 Å². The average molecular weight is 362 g/mol. The second-order valence-corrected chi connectivity index (χ2v) is 6.01. The Morgan fingerprint density at radius 1 is 1.22 bits per heavy atom. The fraction of sp³-hybridized carbons (Fsp3) is 0.588. The summed E-state index contributed by atoms with van der Waals surface area (Å²) in [6, 6.07) is 7.51. The van der Waals surface area contributed by atoms with Gasteiger partial charge in [-0.2, -0.15) is 0 Å². The van der Waals surface area contributed by atoms with Gasteiger partial charge in [-0.15, -0.1) is 24.8 Å². The molecule has 1 heterocycles. The van der Waals surface area contributed by atoms with Crippen LogP contribution in [0.4, 0.5) is 5.69 Å². The third-order valence-electron chi connectivity index (χ3n) is 4.18. The molecule has 6 heteroatoms. The standard InChI is InChI=1S/C17H27N3O.2ClH/c1-2-9-20-10-7-15(8-11-20)13-19-17(21)12-14-3-5-16(18)6-4-14;;/h3-6,15H,2,7-13,18H2,1H3,(H,19,21);2*1H. The molecule has 1 amide bonds. The Morgan fingerprint density at radius 2 is 1.83 bits per heavy atom. The highest BCUT2D eigenvalue weighted by atomic mass is 35.5. The van der Waals surface area contributed by atoms with Crippen LogP contribution in [0, 0.1) is 5.92 Å². The Morgan fingerprint density at radius 3 is 2.39 bits per heavy atom. The molecule has 1 saturated heterocycles. The number of halogens is 2. The first-order valence-electron chi connectivity index (χ1n) is 8.01. The fourth-order valence-corrected chi connectivity index (χ4v) is 2.87. The Bertz CT molecular complexity index is 446. The smallest absolute Gasteiger partial charge is 0.224 e. The van der Waals surface area contributed by atoms with Gasteiger partial charge in [-0.1, -0.05) is 19.1 Å². The molecule has 1 aromatic carbocycles. The molecule has 0 atom stereocenters. The van der Waals surface area contributed by atoms with Gasteiger partial charge >= 0.3 is 0 Å². The van der Waals surface area contributed by atoms with Gasteiger partial charge in [0.1, 0.15) is 0 Å². The van der Waals surface area contributed by atoms with Crippen molar-refractivity contribution in [3.63, 3.8) is 0 Å². The number of nitrogen functional groups attached to an aromatic ring is 1. The van der Waals surface area contributed by atoms with E-state index in [2.05, 4.69) is 17.1 Å². The van der Waals surface area contributed by atoms with Crippen LogP contribution in [-0.2, 0) is 11.2 Å². The van der Waals surface area contributed by atoms with E-state index in [9.17, 15) is 4.79 Å². The predicted octanol–water partition coefficient (Wildman–Crippen LogP) is 2.89. The summed E-state index contributed by atoms with van der Waals surface area (Å²) in [6.45, 7) is 6.59. The van der Waals surface area contributed by atoms with Crippen LogP contribution in [-0.4, -0.2) is 37.0 Å². The second-order valence-electron chi connectivity index (χ2n) is 6.01. The maximum Gasteiger partial charge on any atom is 0.224 e. The molecule has 1 aliphatic rings. The summed E-state index contributed by atoms with van der Waals surface area (Å²) in [5, 5.41) is 3.07. The van der Waals surface area contributed by atoms with Crippen molar-refractivity contribution in [2.45, 2.75) is 32.6 Å². The highest BCUT2D eigenvalue weighted by Crippen LogP contribution is 2.16. The number of anilines is 1. The number of rotatable bonds is 6. The number of benzene rings is 1. The molecule has 0 bridgehead atoms. The lowest BCUT2D eigenvalue weighted by Crippen LogP contribution is -2.39. The first kappa shape index (κ1) is 22.0. The van der Waals surface area contributed by atoms with Gasteiger partial charge in [0, 0.05) is 12.2 Å². The van der Waals surface area contributed by atoms with Crippen LogP contribution in [0.3, 0.4) is 0 Å². The molecule has 0 unspecified atom stereocenters. The van der Waals surface area contributed by atoms with E-state index in [0.29, 0.717) is 12.3 Å². The zero-order valence-corrected chi connectivity index (χ0v) is 15.4. The highest BCUT2D eigenvalue weighted by Gasteiger charge is 2.18. The molecule has 0 aromatic heterocycles. The van der Waals surface area contributed by atoms with E-state index in [-0.39, 0.29) is 30.7 Å². The first-order chi connectivity index (χ1) is 10.2. The number of nitrogens with two attached hydrogens (primary N) is 1. The largest absolute Gasteiger partial charge is 0.399 e. The van der Waals surface area contributed by atoms with Crippen molar-refractivity contribution in [3.05, 3.63) is 29.8 Å². The number of amides is 1. The highest BCUT2D eigenvalue weighted by molar-refractivity contribution is 5.85. The van der Waals surface area contributed by atoms with Crippen LogP contribution >= 0.6 is 24.8 Å². The number of likely N-dealkylation sites (tertiary alicyclic amines) is 1. The molecular weight excluding hydrogens is 333 g/mol. The topological polar surface area (TPSA) is 58.4 Å². The van der Waals surface area contributed by atoms with E-state index in [0.717, 1.165) is 17.8 Å². The molecule has 2 rings (SSSR count). The van der Waals surface area contributed by atoms with E-state index in [4.69, 9.17) is 5.73 Å². The monoisotopic (exact) mass is 361 g/mol. The van der Waals surface area contributed by atoms with Gasteiger partial charge in [0.25, 0.3) is 0 Å². The van der Waals surface area contributed by atoms with Crippen LogP contribution in [0.2, 0.25) is 0 Å². The minimum Gasteiger partial charge on any atom is -0.399 e. The zero-order chi connectivity index (χ0) is 15.1. The summed E-state index contributed by atoms with van der Waals surface area (Å²) in [4.78, 5) is 14.5. The van der Waals surface area contributed by atoms with E-state index in [1.807, 2.05) is 24.3 Å². The van der Waals surface area contributed by atoms with E-state index in [1.165, 1.54) is 38.9 Å². The van der Waals surface area contributed by atoms with Crippen molar-refractivity contribution in [3.8, 4) is 0 Å². The van der Waals surface area contributed by atoms with Crippen LogP contribution in [0.15, 0.2) is 24.3 Å². The number of piperidine rings is 1. The quantitative estimate of drug-likeness (QED) is 0.765. The van der Waals surface area contributed by atoms with Crippen molar-refractivity contribution >= 4 is 36.4 Å². The number of carbonyl (C=O) groups is 1. The minimum absolute atomic E-state index is 0. The minimum atomic E-state index is 0. The molecule has 1 aromatic rings. The predicted molar refractivity (Wildman–Crippen MR) is 102 cm³/mol. The van der Waals surface area contributed by atoms with Crippen LogP contribution in [0.1, 0.15) is 31.7 Å². The number of nitrogens with zero attached hydrogens (tertiary/aromatic N) is 1. The third kappa shape index (κ3) is 7.91. The Hall–Kier alpha value is -0.970. The molecule has 0 radical (unpaired) electrons. The molecule has 4 nitrogen and oxygen atoms in total. The van der Waals surface area contributed by atoms with Gasteiger partial charge in [0.05, 0.1) is 6.42 Å². The number of hydrogen-bond acceptors (Lipinski definition) is 3. The fourth-order valence-electron chi connectivity index (χ4n) is 2.87. The zero-order valence-electron chi connectivity index (χ0n) is 13.8.